The topological polar surface area (TPSA) is 78.4 Å². The third-order valence-corrected chi connectivity index (χ3v) is 5.05. The van der Waals surface area contributed by atoms with Gasteiger partial charge in [-0.15, -0.1) is 0 Å². The second-order valence-electron chi connectivity index (χ2n) is 6.98. The molecule has 3 rings (SSSR count). The number of aromatic nitrogens is 1. The van der Waals surface area contributed by atoms with Gasteiger partial charge in [-0.3, -0.25) is 9.59 Å². The molecule has 27 heavy (non-hydrogen) atoms. The van der Waals surface area contributed by atoms with E-state index in [-0.39, 0.29) is 17.5 Å². The number of rotatable bonds is 7. The molecule has 2 aromatic rings. The Morgan fingerprint density at radius 3 is 2.70 bits per heavy atom. The van der Waals surface area contributed by atoms with E-state index >= 15 is 0 Å². The Morgan fingerprint density at radius 1 is 1.22 bits per heavy atom. The molecule has 4 N–H and O–H groups in total. The van der Waals surface area contributed by atoms with Crippen LogP contribution in [0.1, 0.15) is 35.3 Å². The van der Waals surface area contributed by atoms with Crippen molar-refractivity contribution in [3.05, 3.63) is 65.6 Å². The number of amides is 2. The molecule has 1 unspecified atom stereocenters. The number of aromatic amines is 1. The van der Waals surface area contributed by atoms with E-state index in [1.54, 1.807) is 36.5 Å². The quantitative estimate of drug-likeness (QED) is 0.550. The van der Waals surface area contributed by atoms with Crippen molar-refractivity contribution in [2.45, 2.75) is 25.3 Å². The molecule has 1 saturated heterocycles. The van der Waals surface area contributed by atoms with Crippen molar-refractivity contribution in [2.24, 2.45) is 0 Å². The first-order valence-electron chi connectivity index (χ1n) is 9.45. The number of carbonyl (C=O) groups excluding carboxylic acids is 2. The Morgan fingerprint density at radius 2 is 2.04 bits per heavy atom. The van der Waals surface area contributed by atoms with Crippen LogP contribution < -0.4 is 15.5 Å². The third-order valence-electron chi connectivity index (χ3n) is 5.05. The molecule has 1 fully saturated rings. The average Bonchev–Trinajstić information content (AvgIpc) is 3.34. The Hall–Kier alpha value is -2.86. The van der Waals surface area contributed by atoms with Crippen LogP contribution in [0, 0.1) is 0 Å². The van der Waals surface area contributed by atoms with E-state index in [1.807, 2.05) is 18.2 Å². The van der Waals surface area contributed by atoms with Gasteiger partial charge in [0.25, 0.3) is 11.8 Å². The first kappa shape index (κ1) is 18.9. The van der Waals surface area contributed by atoms with Gasteiger partial charge in [0.15, 0.2) is 0 Å². The van der Waals surface area contributed by atoms with Crippen LogP contribution in [0.15, 0.2) is 54.4 Å². The molecule has 0 aliphatic carbocycles. The lowest BCUT2D eigenvalue weighted by atomic mass is 10.1. The average molecular weight is 367 g/mol. The number of benzene rings is 1. The van der Waals surface area contributed by atoms with Crippen molar-refractivity contribution in [3.8, 4) is 0 Å². The fraction of sp³-hybridized carbons (Fsp3) is 0.333. The van der Waals surface area contributed by atoms with Crippen LogP contribution in [-0.2, 0) is 4.79 Å². The number of nitrogens with one attached hydrogen (secondary N) is 4. The number of carbonyl (C=O) groups is 2. The van der Waals surface area contributed by atoms with Crippen molar-refractivity contribution in [1.29, 1.82) is 0 Å². The zero-order valence-corrected chi connectivity index (χ0v) is 15.6. The number of H-pyrrole nitrogens is 1. The van der Waals surface area contributed by atoms with Gasteiger partial charge >= 0.3 is 0 Å². The second kappa shape index (κ2) is 9.19. The summed E-state index contributed by atoms with van der Waals surface area (Å²) in [6.45, 7) is 1.80. The molecule has 1 aromatic carbocycles. The Labute approximate surface area is 159 Å². The van der Waals surface area contributed by atoms with Crippen LogP contribution in [0.3, 0.4) is 0 Å². The predicted octanol–water partition coefficient (Wildman–Crippen LogP) is 0.969. The molecule has 6 heteroatoms. The van der Waals surface area contributed by atoms with Crippen LogP contribution in [0.5, 0.6) is 0 Å². The Balaban J connectivity index is 1.64. The van der Waals surface area contributed by atoms with Gasteiger partial charge in [-0.25, -0.2) is 0 Å². The first-order chi connectivity index (χ1) is 13.1. The molecule has 0 bridgehead atoms. The van der Waals surface area contributed by atoms with Crippen molar-refractivity contribution in [2.75, 3.05) is 20.1 Å². The summed E-state index contributed by atoms with van der Waals surface area (Å²) in [6, 6.07) is 13.2. The molecule has 2 heterocycles. The summed E-state index contributed by atoms with van der Waals surface area (Å²) < 4.78 is 0. The molecule has 2 atom stereocenters. The number of hydrogen-bond acceptors (Lipinski definition) is 2. The summed E-state index contributed by atoms with van der Waals surface area (Å²) in [5.41, 5.74) is 1.51. The molecule has 1 aromatic heterocycles. The summed E-state index contributed by atoms with van der Waals surface area (Å²) in [5, 5.41) is 5.69. The fourth-order valence-corrected chi connectivity index (χ4v) is 3.46. The number of quaternary nitrogens is 1. The van der Waals surface area contributed by atoms with Crippen LogP contribution in [0.4, 0.5) is 0 Å². The van der Waals surface area contributed by atoms with Gasteiger partial charge in [0.05, 0.1) is 19.6 Å². The van der Waals surface area contributed by atoms with Crippen molar-refractivity contribution < 1.29 is 14.5 Å². The van der Waals surface area contributed by atoms with E-state index in [9.17, 15) is 9.59 Å². The fourth-order valence-electron chi connectivity index (χ4n) is 3.46. The van der Waals surface area contributed by atoms with Gasteiger partial charge in [-0.05, 0) is 30.3 Å². The van der Waals surface area contributed by atoms with Crippen LogP contribution in [-0.4, -0.2) is 43.0 Å². The van der Waals surface area contributed by atoms with Crippen molar-refractivity contribution in [3.63, 3.8) is 0 Å². The monoisotopic (exact) mass is 367 g/mol. The predicted molar refractivity (Wildman–Crippen MR) is 105 cm³/mol. The van der Waals surface area contributed by atoms with E-state index in [0.29, 0.717) is 18.2 Å². The lowest BCUT2D eigenvalue weighted by molar-refractivity contribution is -0.892. The second-order valence-corrected chi connectivity index (χ2v) is 6.98. The van der Waals surface area contributed by atoms with Crippen LogP contribution in [0.2, 0.25) is 0 Å². The normalized spacial score (nSPS) is 19.7. The van der Waals surface area contributed by atoms with E-state index < -0.39 is 0 Å². The summed E-state index contributed by atoms with van der Waals surface area (Å²) in [7, 11) is 2.20. The lowest BCUT2D eigenvalue weighted by Crippen LogP contribution is -3.10. The Bertz CT molecular complexity index is 784. The van der Waals surface area contributed by atoms with Crippen LogP contribution >= 0.6 is 0 Å². The highest BCUT2D eigenvalue weighted by Crippen LogP contribution is 2.06. The van der Waals surface area contributed by atoms with E-state index in [4.69, 9.17) is 0 Å². The third kappa shape index (κ3) is 5.31. The molecule has 1 aliphatic rings. The van der Waals surface area contributed by atoms with Crippen LogP contribution in [0.25, 0.3) is 6.08 Å². The maximum atomic E-state index is 12.7. The molecule has 2 amide bonds. The molecule has 0 radical (unpaired) electrons. The van der Waals surface area contributed by atoms with Gasteiger partial charge in [-0.2, -0.15) is 0 Å². The van der Waals surface area contributed by atoms with Gasteiger partial charge in [0, 0.05) is 43.3 Å². The zero-order valence-electron chi connectivity index (χ0n) is 15.6. The highest BCUT2D eigenvalue weighted by atomic mass is 16.2. The Kier molecular flexibility index (Phi) is 6.44. The van der Waals surface area contributed by atoms with E-state index in [2.05, 4.69) is 22.7 Å². The van der Waals surface area contributed by atoms with Gasteiger partial charge in [0.1, 0.15) is 5.70 Å². The maximum absolute atomic E-state index is 12.7. The zero-order chi connectivity index (χ0) is 19.1. The largest absolute Gasteiger partial charge is 0.362 e. The minimum absolute atomic E-state index is 0.235. The van der Waals surface area contributed by atoms with E-state index in [1.165, 1.54) is 24.3 Å². The maximum Gasteiger partial charge on any atom is 0.267 e. The summed E-state index contributed by atoms with van der Waals surface area (Å²) >= 11 is 0. The molecule has 0 spiro atoms. The lowest BCUT2D eigenvalue weighted by Gasteiger charge is -2.17. The number of likely N-dealkylation sites (tertiary alicyclic amines) is 1. The molecule has 1 aliphatic heterocycles. The van der Waals surface area contributed by atoms with Crippen molar-refractivity contribution in [1.82, 2.24) is 15.6 Å². The summed E-state index contributed by atoms with van der Waals surface area (Å²) in [5.74, 6) is -0.576. The standard InChI is InChI=1S/C21H26N4O2/c1-25-14-6-10-18(25)11-13-23-21(27)19(15-17-9-5-12-22-17)24-20(26)16-7-3-2-4-8-16/h2-5,7-9,12,15,18,22H,6,10-11,13-14H2,1H3,(H,23,27)(H,24,26)/p+1/b19-15-/t18-/m0/s1. The highest BCUT2D eigenvalue weighted by Gasteiger charge is 2.24. The molecular formula is C21H27N4O2+. The SMILES string of the molecule is C[NH+]1CCC[C@H]1CCNC(=O)/C(=C/c1ccc[nH]1)NC(=O)c1ccccc1. The smallest absolute Gasteiger partial charge is 0.267 e. The summed E-state index contributed by atoms with van der Waals surface area (Å²) in [6.07, 6.45) is 6.83. The highest BCUT2D eigenvalue weighted by molar-refractivity contribution is 6.05. The first-order valence-corrected chi connectivity index (χ1v) is 9.45. The molecular weight excluding hydrogens is 340 g/mol. The van der Waals surface area contributed by atoms with E-state index in [0.717, 1.165) is 12.1 Å². The number of hydrogen-bond donors (Lipinski definition) is 4. The minimum Gasteiger partial charge on any atom is -0.362 e. The summed E-state index contributed by atoms with van der Waals surface area (Å²) in [4.78, 5) is 29.7. The van der Waals surface area contributed by atoms with Crippen molar-refractivity contribution >= 4 is 17.9 Å². The van der Waals surface area contributed by atoms with Gasteiger partial charge in [0.2, 0.25) is 0 Å². The van der Waals surface area contributed by atoms with Gasteiger partial charge in [-0.1, -0.05) is 18.2 Å². The molecule has 0 saturated carbocycles. The minimum atomic E-state index is -0.302. The molecule has 6 nitrogen and oxygen atoms in total. The molecule has 142 valence electrons. The van der Waals surface area contributed by atoms with Gasteiger partial charge < -0.3 is 20.5 Å².